The molecule has 0 aliphatic rings. The Labute approximate surface area is 274 Å². The molecule has 8 aromatic carbocycles. The molecule has 0 unspecified atom stereocenters. The maximum absolute atomic E-state index is 2.42. The Kier molecular flexibility index (Phi) is 6.56. The van der Waals surface area contributed by atoms with Crippen molar-refractivity contribution in [3.63, 3.8) is 0 Å². The van der Waals surface area contributed by atoms with Gasteiger partial charge in [-0.2, -0.15) is 0 Å². The standard InChI is InChI=1S/C44H29NSe/c1-2-8-30(9-3-1)32-16-21-37(22-17-32)45(38-23-18-33(19-24-38)36-15-14-31-10-4-5-12-35(31)28-36)39-25-27-41-42-26-20-34-11-6-7-13-40(34)44(42)46-43(41)29-39/h1-29H. The van der Waals surface area contributed by atoms with Crippen molar-refractivity contribution < 1.29 is 0 Å². The van der Waals surface area contributed by atoms with Crippen LogP contribution in [0.1, 0.15) is 0 Å². The summed E-state index contributed by atoms with van der Waals surface area (Å²) in [4.78, 5) is 2.40. The van der Waals surface area contributed by atoms with Crippen LogP contribution in [-0.4, -0.2) is 14.5 Å². The quantitative estimate of drug-likeness (QED) is 0.168. The Balaban J connectivity index is 1.16. The van der Waals surface area contributed by atoms with Crippen molar-refractivity contribution in [2.45, 2.75) is 0 Å². The van der Waals surface area contributed by atoms with Crippen molar-refractivity contribution in [3.05, 3.63) is 176 Å². The van der Waals surface area contributed by atoms with Crippen LogP contribution in [-0.2, 0) is 0 Å². The average molecular weight is 651 g/mol. The van der Waals surface area contributed by atoms with Gasteiger partial charge in [-0.25, -0.2) is 0 Å². The molecule has 0 saturated heterocycles. The fourth-order valence-electron chi connectivity index (χ4n) is 6.68. The number of benzene rings is 8. The molecule has 1 nitrogen and oxygen atoms in total. The van der Waals surface area contributed by atoms with Crippen molar-refractivity contribution in [3.8, 4) is 22.3 Å². The van der Waals surface area contributed by atoms with E-state index in [0.717, 1.165) is 11.4 Å². The molecular formula is C44H29NSe. The van der Waals surface area contributed by atoms with Crippen LogP contribution in [0.2, 0.25) is 0 Å². The van der Waals surface area contributed by atoms with Crippen LogP contribution >= 0.6 is 0 Å². The normalized spacial score (nSPS) is 11.5. The molecule has 0 fully saturated rings. The van der Waals surface area contributed by atoms with Gasteiger partial charge in [0, 0.05) is 0 Å². The van der Waals surface area contributed by atoms with Gasteiger partial charge in [0.05, 0.1) is 0 Å². The van der Waals surface area contributed by atoms with Crippen LogP contribution in [0.25, 0.3) is 63.1 Å². The molecule has 0 saturated carbocycles. The summed E-state index contributed by atoms with van der Waals surface area (Å²) < 4.78 is 2.94. The van der Waals surface area contributed by atoms with Crippen LogP contribution < -0.4 is 4.90 Å². The molecule has 9 aromatic rings. The molecule has 2 heteroatoms. The summed E-state index contributed by atoms with van der Waals surface area (Å²) in [6.45, 7) is 0. The van der Waals surface area contributed by atoms with Gasteiger partial charge in [-0.3, -0.25) is 0 Å². The third-order valence-corrected chi connectivity index (χ3v) is 11.6. The molecule has 1 aromatic heterocycles. The van der Waals surface area contributed by atoms with Crippen molar-refractivity contribution in [1.82, 2.24) is 0 Å². The third kappa shape index (κ3) is 4.71. The first-order valence-corrected chi connectivity index (χ1v) is 17.4. The van der Waals surface area contributed by atoms with Crippen molar-refractivity contribution in [1.29, 1.82) is 0 Å². The van der Waals surface area contributed by atoms with E-state index in [0.29, 0.717) is 0 Å². The topological polar surface area (TPSA) is 3.24 Å². The summed E-state index contributed by atoms with van der Waals surface area (Å²) in [6, 6.07) is 64.3. The molecular weight excluding hydrogens is 621 g/mol. The van der Waals surface area contributed by atoms with E-state index in [1.165, 1.54) is 68.8 Å². The number of hydrogen-bond acceptors (Lipinski definition) is 1. The summed E-state index contributed by atoms with van der Waals surface area (Å²) >= 11 is 0.240. The summed E-state index contributed by atoms with van der Waals surface area (Å²) in [5, 5.41) is 7.99. The predicted octanol–water partition coefficient (Wildman–Crippen LogP) is 12.2. The SMILES string of the molecule is c1ccc(-c2ccc(N(c3ccc(-c4ccc5ccccc5c4)cc3)c3ccc4c(c3)[se]c3c5ccccc5ccc43)cc2)cc1. The molecule has 9 rings (SSSR count). The van der Waals surface area contributed by atoms with E-state index in [4.69, 9.17) is 0 Å². The predicted molar refractivity (Wildman–Crippen MR) is 199 cm³/mol. The Morgan fingerprint density at radius 1 is 0.326 bits per heavy atom. The minimum absolute atomic E-state index is 0.240. The molecule has 0 N–H and O–H groups in total. The zero-order chi connectivity index (χ0) is 30.5. The number of fused-ring (bicyclic) bond motifs is 6. The van der Waals surface area contributed by atoms with Gasteiger partial charge in [0.2, 0.25) is 0 Å². The van der Waals surface area contributed by atoms with Gasteiger partial charge in [-0.1, -0.05) is 18.2 Å². The van der Waals surface area contributed by atoms with E-state index in [2.05, 4.69) is 181 Å². The van der Waals surface area contributed by atoms with E-state index < -0.39 is 0 Å². The second kappa shape index (κ2) is 11.2. The van der Waals surface area contributed by atoms with Gasteiger partial charge < -0.3 is 0 Å². The number of anilines is 3. The zero-order valence-corrected chi connectivity index (χ0v) is 26.8. The molecule has 0 atom stereocenters. The van der Waals surface area contributed by atoms with E-state index >= 15 is 0 Å². The minimum atomic E-state index is 0.240. The van der Waals surface area contributed by atoms with E-state index in [-0.39, 0.29) is 14.5 Å². The molecule has 46 heavy (non-hydrogen) atoms. The molecule has 0 aliphatic heterocycles. The van der Waals surface area contributed by atoms with Crippen LogP contribution in [0.15, 0.2) is 176 Å². The monoisotopic (exact) mass is 651 g/mol. The van der Waals surface area contributed by atoms with Gasteiger partial charge >= 0.3 is 257 Å². The Morgan fingerprint density at radius 3 is 1.63 bits per heavy atom. The fourth-order valence-corrected chi connectivity index (χ4v) is 9.35. The Hall–Kier alpha value is -5.40. The van der Waals surface area contributed by atoms with Gasteiger partial charge in [0.1, 0.15) is 0 Å². The molecule has 0 spiro atoms. The first-order valence-electron chi connectivity index (χ1n) is 15.7. The first-order chi connectivity index (χ1) is 22.8. The zero-order valence-electron chi connectivity index (χ0n) is 25.1. The first kappa shape index (κ1) is 27.0. The van der Waals surface area contributed by atoms with Crippen LogP contribution in [0.5, 0.6) is 0 Å². The number of rotatable bonds is 5. The molecule has 0 radical (unpaired) electrons. The summed E-state index contributed by atoms with van der Waals surface area (Å²) in [6.07, 6.45) is 0. The number of nitrogens with zero attached hydrogens (tertiary/aromatic N) is 1. The van der Waals surface area contributed by atoms with E-state index in [1.54, 1.807) is 0 Å². The third-order valence-electron chi connectivity index (χ3n) is 9.05. The molecule has 0 aliphatic carbocycles. The Bertz CT molecular complexity index is 2510. The average Bonchev–Trinajstić information content (AvgIpc) is 3.51. The van der Waals surface area contributed by atoms with Crippen molar-refractivity contribution in [2.75, 3.05) is 4.90 Å². The van der Waals surface area contributed by atoms with E-state index in [1.807, 2.05) is 0 Å². The van der Waals surface area contributed by atoms with Gasteiger partial charge in [-0.15, -0.1) is 0 Å². The van der Waals surface area contributed by atoms with Crippen LogP contribution in [0.4, 0.5) is 17.1 Å². The second-order valence-electron chi connectivity index (χ2n) is 11.8. The summed E-state index contributed by atoms with van der Waals surface area (Å²) in [5.74, 6) is 0. The Morgan fingerprint density at radius 2 is 0.870 bits per heavy atom. The van der Waals surface area contributed by atoms with E-state index in [9.17, 15) is 0 Å². The van der Waals surface area contributed by atoms with Crippen molar-refractivity contribution in [2.24, 2.45) is 0 Å². The van der Waals surface area contributed by atoms with Gasteiger partial charge in [-0.05, 0) is 0 Å². The van der Waals surface area contributed by atoms with Gasteiger partial charge in [0.25, 0.3) is 0 Å². The van der Waals surface area contributed by atoms with Crippen molar-refractivity contribution >= 4 is 72.4 Å². The molecule has 0 bridgehead atoms. The molecule has 1 heterocycles. The molecule has 216 valence electrons. The van der Waals surface area contributed by atoms with Crippen LogP contribution in [0.3, 0.4) is 0 Å². The van der Waals surface area contributed by atoms with Crippen LogP contribution in [0, 0.1) is 0 Å². The maximum atomic E-state index is 2.42. The van der Waals surface area contributed by atoms with Gasteiger partial charge in [0.15, 0.2) is 0 Å². The number of hydrogen-bond donors (Lipinski definition) is 0. The fraction of sp³-hybridized carbons (Fsp3) is 0. The second-order valence-corrected chi connectivity index (χ2v) is 14.0. The summed E-state index contributed by atoms with van der Waals surface area (Å²) in [5.41, 5.74) is 8.37. The molecule has 0 amide bonds. The summed E-state index contributed by atoms with van der Waals surface area (Å²) in [7, 11) is 0.